The summed E-state index contributed by atoms with van der Waals surface area (Å²) in [6.45, 7) is 3.50. The van der Waals surface area contributed by atoms with Gasteiger partial charge in [-0.3, -0.25) is 0 Å². The van der Waals surface area contributed by atoms with Crippen molar-refractivity contribution in [3.8, 4) is 0 Å². The predicted molar refractivity (Wildman–Crippen MR) is 83.1 cm³/mol. The monoisotopic (exact) mass is 276 g/mol. The minimum atomic E-state index is 0.575. The highest BCUT2D eigenvalue weighted by atomic mass is 15.2. The largest absolute Gasteiger partial charge is 0.353 e. The summed E-state index contributed by atoms with van der Waals surface area (Å²) in [5, 5.41) is 3.70. The summed E-state index contributed by atoms with van der Waals surface area (Å²) >= 11 is 0. The molecule has 1 aromatic rings. The predicted octanol–water partition coefficient (Wildman–Crippen LogP) is 3.28. The maximum atomic E-state index is 4.57. The van der Waals surface area contributed by atoms with Gasteiger partial charge in [0.15, 0.2) is 0 Å². The van der Waals surface area contributed by atoms with Gasteiger partial charge in [0.1, 0.15) is 0 Å². The van der Waals surface area contributed by atoms with Gasteiger partial charge in [-0.25, -0.2) is 4.98 Å². The molecule has 2 heterocycles. The third-order valence-corrected chi connectivity index (χ3v) is 5.18. The fourth-order valence-electron chi connectivity index (χ4n) is 3.68. The molecule has 1 aliphatic carbocycles. The van der Waals surface area contributed by atoms with Crippen LogP contribution in [0.25, 0.3) is 0 Å². The summed E-state index contributed by atoms with van der Waals surface area (Å²) in [4.78, 5) is 7.02. The second-order valence-corrected chi connectivity index (χ2v) is 6.65. The maximum absolute atomic E-state index is 4.57. The minimum Gasteiger partial charge on any atom is -0.353 e. The number of piperidine rings is 1. The molecule has 112 valence electrons. The first kappa shape index (κ1) is 13.9. The zero-order valence-corrected chi connectivity index (χ0v) is 12.9. The van der Waals surface area contributed by atoms with E-state index in [1.165, 1.54) is 51.5 Å². The lowest BCUT2D eigenvalue weighted by Gasteiger charge is -2.36. The highest BCUT2D eigenvalue weighted by Gasteiger charge is 2.24. The molecule has 1 saturated heterocycles. The number of nitrogens with zero attached hydrogens (tertiary/aromatic N) is 3. The summed E-state index contributed by atoms with van der Waals surface area (Å²) in [5.74, 6) is 1.10. The van der Waals surface area contributed by atoms with Gasteiger partial charge in [-0.1, -0.05) is 19.3 Å². The summed E-state index contributed by atoms with van der Waals surface area (Å²) in [5.41, 5.74) is 0. The van der Waals surface area contributed by atoms with Crippen LogP contribution in [0.15, 0.2) is 12.4 Å². The topological polar surface area (TPSA) is 33.1 Å². The van der Waals surface area contributed by atoms with Gasteiger partial charge in [0.2, 0.25) is 5.95 Å². The number of hydrogen-bond donors (Lipinski definition) is 1. The Hall–Kier alpha value is -1.03. The summed E-state index contributed by atoms with van der Waals surface area (Å²) in [7, 11) is 2.23. The van der Waals surface area contributed by atoms with Crippen molar-refractivity contribution in [2.24, 2.45) is 0 Å². The molecule has 0 bridgehead atoms. The quantitative estimate of drug-likeness (QED) is 0.919. The third kappa shape index (κ3) is 3.00. The first-order valence-electron chi connectivity index (χ1n) is 8.23. The molecular weight excluding hydrogens is 248 g/mol. The molecule has 3 rings (SSSR count). The Morgan fingerprint density at radius 3 is 2.75 bits per heavy atom. The molecule has 1 N–H and O–H groups in total. The zero-order chi connectivity index (χ0) is 13.9. The molecule has 2 fully saturated rings. The molecule has 1 aliphatic heterocycles. The normalized spacial score (nSPS) is 29.5. The van der Waals surface area contributed by atoms with E-state index in [4.69, 9.17) is 0 Å². The third-order valence-electron chi connectivity index (χ3n) is 5.18. The molecule has 20 heavy (non-hydrogen) atoms. The van der Waals surface area contributed by atoms with Crippen LogP contribution in [0.5, 0.6) is 0 Å². The molecule has 0 amide bonds. The maximum Gasteiger partial charge on any atom is 0.203 e. The van der Waals surface area contributed by atoms with E-state index in [-0.39, 0.29) is 0 Å². The SMILES string of the molecule is CC1CC(Nc2nccn2C2CCCCC2)CCN1C. The standard InChI is InChI=1S/C16H28N4/c1-13-12-14(8-10-19(13)2)18-16-17-9-11-20(16)15-6-4-3-5-7-15/h9,11,13-15H,3-8,10,12H2,1-2H3,(H,17,18). The molecule has 4 heteroatoms. The molecule has 4 nitrogen and oxygen atoms in total. The fourth-order valence-corrected chi connectivity index (χ4v) is 3.68. The number of aromatic nitrogens is 2. The van der Waals surface area contributed by atoms with Crippen LogP contribution in [0, 0.1) is 0 Å². The van der Waals surface area contributed by atoms with Crippen molar-refractivity contribution in [3.63, 3.8) is 0 Å². The van der Waals surface area contributed by atoms with Gasteiger partial charge in [-0.05, 0) is 39.7 Å². The average molecular weight is 276 g/mol. The number of rotatable bonds is 3. The molecule has 0 aromatic carbocycles. The van der Waals surface area contributed by atoms with Crippen LogP contribution >= 0.6 is 0 Å². The lowest BCUT2D eigenvalue weighted by molar-refractivity contribution is 0.189. The van der Waals surface area contributed by atoms with E-state index < -0.39 is 0 Å². The first-order chi connectivity index (χ1) is 9.74. The smallest absolute Gasteiger partial charge is 0.203 e. The molecule has 1 aromatic heterocycles. The van der Waals surface area contributed by atoms with Crippen molar-refractivity contribution >= 4 is 5.95 Å². The van der Waals surface area contributed by atoms with Crippen LogP contribution in [0.3, 0.4) is 0 Å². The number of imidazole rings is 1. The van der Waals surface area contributed by atoms with Crippen molar-refractivity contribution in [1.29, 1.82) is 0 Å². The molecule has 1 saturated carbocycles. The zero-order valence-electron chi connectivity index (χ0n) is 12.9. The van der Waals surface area contributed by atoms with Crippen LogP contribution in [0.1, 0.15) is 57.9 Å². The minimum absolute atomic E-state index is 0.575. The highest BCUT2D eigenvalue weighted by molar-refractivity contribution is 5.29. The van der Waals surface area contributed by atoms with Crippen LogP contribution in [-0.4, -0.2) is 40.1 Å². The molecular formula is C16H28N4. The van der Waals surface area contributed by atoms with Gasteiger partial charge < -0.3 is 14.8 Å². The number of hydrogen-bond acceptors (Lipinski definition) is 3. The van der Waals surface area contributed by atoms with Gasteiger partial charge in [0, 0.05) is 37.1 Å². The van der Waals surface area contributed by atoms with E-state index >= 15 is 0 Å². The van der Waals surface area contributed by atoms with Crippen molar-refractivity contribution in [1.82, 2.24) is 14.5 Å². The number of nitrogens with one attached hydrogen (secondary N) is 1. The highest BCUT2D eigenvalue weighted by Crippen LogP contribution is 2.30. The summed E-state index contributed by atoms with van der Waals surface area (Å²) < 4.78 is 2.39. The van der Waals surface area contributed by atoms with E-state index in [1.807, 2.05) is 6.20 Å². The lowest BCUT2D eigenvalue weighted by Crippen LogP contribution is -2.43. The Bertz CT molecular complexity index is 422. The number of likely N-dealkylation sites (tertiary alicyclic amines) is 1. The Morgan fingerprint density at radius 2 is 2.00 bits per heavy atom. The van der Waals surface area contributed by atoms with Gasteiger partial charge >= 0.3 is 0 Å². The average Bonchev–Trinajstić information content (AvgIpc) is 2.92. The van der Waals surface area contributed by atoms with Crippen molar-refractivity contribution in [2.45, 2.75) is 70.0 Å². The van der Waals surface area contributed by atoms with Gasteiger partial charge in [-0.2, -0.15) is 0 Å². The van der Waals surface area contributed by atoms with Crippen LogP contribution in [0.4, 0.5) is 5.95 Å². The van der Waals surface area contributed by atoms with E-state index in [1.54, 1.807) is 0 Å². The Labute approximate surface area is 122 Å². The molecule has 0 spiro atoms. The Balaban J connectivity index is 1.64. The molecule has 2 atom stereocenters. The second kappa shape index (κ2) is 6.17. The van der Waals surface area contributed by atoms with Gasteiger partial charge in [-0.15, -0.1) is 0 Å². The molecule has 2 unspecified atom stereocenters. The van der Waals surface area contributed by atoms with Crippen LogP contribution < -0.4 is 5.32 Å². The lowest BCUT2D eigenvalue weighted by atomic mass is 9.95. The van der Waals surface area contributed by atoms with E-state index in [0.29, 0.717) is 18.1 Å². The van der Waals surface area contributed by atoms with E-state index in [9.17, 15) is 0 Å². The first-order valence-corrected chi connectivity index (χ1v) is 8.23. The molecule has 0 radical (unpaired) electrons. The van der Waals surface area contributed by atoms with Crippen molar-refractivity contribution < 1.29 is 0 Å². The van der Waals surface area contributed by atoms with Gasteiger partial charge in [0.05, 0.1) is 0 Å². The van der Waals surface area contributed by atoms with Crippen LogP contribution in [0.2, 0.25) is 0 Å². The van der Waals surface area contributed by atoms with Crippen molar-refractivity contribution in [2.75, 3.05) is 18.9 Å². The van der Waals surface area contributed by atoms with E-state index in [2.05, 4.69) is 39.9 Å². The summed E-state index contributed by atoms with van der Waals surface area (Å²) in [6, 6.07) is 1.91. The Kier molecular flexibility index (Phi) is 4.29. The Morgan fingerprint density at radius 1 is 1.20 bits per heavy atom. The van der Waals surface area contributed by atoms with Crippen LogP contribution in [-0.2, 0) is 0 Å². The van der Waals surface area contributed by atoms with E-state index in [0.717, 1.165) is 5.95 Å². The van der Waals surface area contributed by atoms with Crippen molar-refractivity contribution in [3.05, 3.63) is 12.4 Å². The van der Waals surface area contributed by atoms with Gasteiger partial charge in [0.25, 0.3) is 0 Å². The fraction of sp³-hybridized carbons (Fsp3) is 0.812. The molecule has 2 aliphatic rings. The summed E-state index contributed by atoms with van der Waals surface area (Å²) in [6.07, 6.45) is 13.3. The second-order valence-electron chi connectivity index (χ2n) is 6.65. The number of anilines is 1.